The number of hydrogen-bond acceptors (Lipinski definition) is 4. The van der Waals surface area contributed by atoms with E-state index in [0.29, 0.717) is 36.2 Å². The second-order valence-electron chi connectivity index (χ2n) is 6.18. The van der Waals surface area contributed by atoms with E-state index in [1.54, 1.807) is 18.0 Å². The molecule has 0 spiro atoms. The van der Waals surface area contributed by atoms with Crippen molar-refractivity contribution in [3.8, 4) is 0 Å². The predicted octanol–water partition coefficient (Wildman–Crippen LogP) is 0.450. The summed E-state index contributed by atoms with van der Waals surface area (Å²) >= 11 is 0. The van der Waals surface area contributed by atoms with Gasteiger partial charge in [-0.15, -0.1) is 0 Å². The molecule has 2 heterocycles. The Morgan fingerprint density at radius 2 is 2.17 bits per heavy atom. The fourth-order valence-electron chi connectivity index (χ4n) is 2.91. The van der Waals surface area contributed by atoms with Gasteiger partial charge in [0.1, 0.15) is 5.69 Å². The minimum Gasteiger partial charge on any atom is -0.356 e. The largest absolute Gasteiger partial charge is 0.356 e. The van der Waals surface area contributed by atoms with Crippen LogP contribution in [0, 0.1) is 5.92 Å². The maximum Gasteiger partial charge on any atom is 0.270 e. The molecule has 0 bridgehead atoms. The van der Waals surface area contributed by atoms with Gasteiger partial charge in [-0.1, -0.05) is 12.1 Å². The number of hydrogen-bond donors (Lipinski definition) is 2. The lowest BCUT2D eigenvalue weighted by Crippen LogP contribution is -2.31. The van der Waals surface area contributed by atoms with E-state index in [1.165, 1.54) is 0 Å². The van der Waals surface area contributed by atoms with Gasteiger partial charge in [0.25, 0.3) is 5.56 Å². The van der Waals surface area contributed by atoms with Crippen LogP contribution in [-0.2, 0) is 16.0 Å². The smallest absolute Gasteiger partial charge is 0.270 e. The molecular weight excluding hydrogens is 308 g/mol. The maximum atomic E-state index is 12.0. The van der Waals surface area contributed by atoms with Crippen molar-refractivity contribution in [1.82, 2.24) is 20.2 Å². The number of carbonyl (C=O) groups excluding carboxylic acids is 2. The second-order valence-corrected chi connectivity index (χ2v) is 6.18. The Morgan fingerprint density at radius 3 is 2.92 bits per heavy atom. The van der Waals surface area contributed by atoms with Crippen molar-refractivity contribution in [2.24, 2.45) is 5.92 Å². The predicted molar refractivity (Wildman–Crippen MR) is 89.4 cm³/mol. The summed E-state index contributed by atoms with van der Waals surface area (Å²) in [4.78, 5) is 44.2. The van der Waals surface area contributed by atoms with Gasteiger partial charge in [-0.2, -0.15) is 0 Å². The first kappa shape index (κ1) is 16.2. The summed E-state index contributed by atoms with van der Waals surface area (Å²) in [6.07, 6.45) is 0.961. The standard InChI is InChI=1S/C17H20N4O3/c1-21-10-11(8-16(21)23)9-18-15(22)7-6-14-17(24)20-13-5-3-2-4-12(13)19-14/h2-5,11H,6-10H2,1H3,(H,18,22)(H,20,24). The van der Waals surface area contributed by atoms with E-state index in [4.69, 9.17) is 0 Å². The molecule has 3 rings (SSSR count). The van der Waals surface area contributed by atoms with Crippen LogP contribution in [0.25, 0.3) is 11.0 Å². The quantitative estimate of drug-likeness (QED) is 0.833. The molecule has 1 atom stereocenters. The Kier molecular flexibility index (Phi) is 4.59. The molecule has 1 unspecified atom stereocenters. The number of aryl methyl sites for hydroxylation is 1. The van der Waals surface area contributed by atoms with Crippen LogP contribution in [0.3, 0.4) is 0 Å². The highest BCUT2D eigenvalue weighted by molar-refractivity contribution is 5.79. The van der Waals surface area contributed by atoms with Gasteiger partial charge in [-0.05, 0) is 12.1 Å². The third-order valence-electron chi connectivity index (χ3n) is 4.27. The number of aromatic amines is 1. The number of nitrogens with one attached hydrogen (secondary N) is 2. The normalized spacial score (nSPS) is 17.5. The zero-order chi connectivity index (χ0) is 17.1. The molecule has 7 heteroatoms. The first-order valence-electron chi connectivity index (χ1n) is 8.01. The maximum absolute atomic E-state index is 12.0. The van der Waals surface area contributed by atoms with E-state index >= 15 is 0 Å². The van der Waals surface area contributed by atoms with E-state index in [2.05, 4.69) is 15.3 Å². The second kappa shape index (κ2) is 6.82. The number of fused-ring (bicyclic) bond motifs is 1. The average molecular weight is 328 g/mol. The molecule has 0 radical (unpaired) electrons. The Labute approximate surface area is 139 Å². The minimum absolute atomic E-state index is 0.112. The number of benzene rings is 1. The molecule has 2 aromatic rings. The van der Waals surface area contributed by atoms with Crippen molar-refractivity contribution >= 4 is 22.8 Å². The Hall–Kier alpha value is -2.70. The van der Waals surface area contributed by atoms with Crippen molar-refractivity contribution in [1.29, 1.82) is 0 Å². The lowest BCUT2D eigenvalue weighted by atomic mass is 10.1. The summed E-state index contributed by atoms with van der Waals surface area (Å²) < 4.78 is 0. The lowest BCUT2D eigenvalue weighted by Gasteiger charge is -2.11. The van der Waals surface area contributed by atoms with Gasteiger partial charge in [-0.3, -0.25) is 14.4 Å². The molecule has 2 amide bonds. The Balaban J connectivity index is 1.54. The van der Waals surface area contributed by atoms with Gasteiger partial charge < -0.3 is 15.2 Å². The van der Waals surface area contributed by atoms with Gasteiger partial charge in [0.05, 0.1) is 11.0 Å². The fraction of sp³-hybridized carbons (Fsp3) is 0.412. The third kappa shape index (κ3) is 3.61. The van der Waals surface area contributed by atoms with Crippen molar-refractivity contribution in [2.75, 3.05) is 20.1 Å². The van der Waals surface area contributed by atoms with Crippen LogP contribution < -0.4 is 10.9 Å². The molecule has 1 aromatic heterocycles. The summed E-state index contributed by atoms with van der Waals surface area (Å²) in [7, 11) is 1.77. The van der Waals surface area contributed by atoms with Crippen LogP contribution in [0.2, 0.25) is 0 Å². The fourth-order valence-corrected chi connectivity index (χ4v) is 2.91. The van der Waals surface area contributed by atoms with E-state index in [0.717, 1.165) is 0 Å². The van der Waals surface area contributed by atoms with E-state index in [9.17, 15) is 14.4 Å². The SMILES string of the molecule is CN1CC(CNC(=O)CCc2nc3ccccc3[nH]c2=O)CC1=O. The topological polar surface area (TPSA) is 95.2 Å². The van der Waals surface area contributed by atoms with Gasteiger partial charge in [-0.25, -0.2) is 4.98 Å². The average Bonchev–Trinajstić information content (AvgIpc) is 2.89. The molecule has 1 aromatic carbocycles. The first-order valence-corrected chi connectivity index (χ1v) is 8.01. The lowest BCUT2D eigenvalue weighted by molar-refractivity contribution is -0.126. The molecule has 0 saturated carbocycles. The molecule has 2 N–H and O–H groups in total. The highest BCUT2D eigenvalue weighted by Gasteiger charge is 2.26. The van der Waals surface area contributed by atoms with Gasteiger partial charge in [0.2, 0.25) is 11.8 Å². The molecule has 7 nitrogen and oxygen atoms in total. The number of carbonyl (C=O) groups is 2. The third-order valence-corrected chi connectivity index (χ3v) is 4.27. The number of aromatic nitrogens is 2. The van der Waals surface area contributed by atoms with Gasteiger partial charge in [0.15, 0.2) is 0 Å². The number of rotatable bonds is 5. The summed E-state index contributed by atoms with van der Waals surface area (Å²) in [6.45, 7) is 1.15. The monoisotopic (exact) mass is 328 g/mol. The number of likely N-dealkylation sites (tertiary alicyclic amines) is 1. The van der Waals surface area contributed by atoms with Crippen LogP contribution in [0.1, 0.15) is 18.5 Å². The van der Waals surface area contributed by atoms with Crippen LogP contribution in [0.5, 0.6) is 0 Å². The van der Waals surface area contributed by atoms with Crippen LogP contribution in [0.4, 0.5) is 0 Å². The van der Waals surface area contributed by atoms with Crippen LogP contribution >= 0.6 is 0 Å². The first-order chi connectivity index (χ1) is 11.5. The van der Waals surface area contributed by atoms with E-state index in [1.807, 2.05) is 18.2 Å². The Morgan fingerprint density at radius 1 is 1.38 bits per heavy atom. The number of nitrogens with zero attached hydrogens (tertiary/aromatic N) is 2. The van der Waals surface area contributed by atoms with Crippen molar-refractivity contribution < 1.29 is 9.59 Å². The summed E-state index contributed by atoms with van der Waals surface area (Å²) in [5.41, 5.74) is 1.50. The van der Waals surface area contributed by atoms with E-state index in [-0.39, 0.29) is 36.1 Å². The molecule has 1 aliphatic rings. The Bertz CT molecular complexity index is 830. The zero-order valence-corrected chi connectivity index (χ0v) is 13.5. The number of H-pyrrole nitrogens is 1. The van der Waals surface area contributed by atoms with Crippen molar-refractivity contribution in [2.45, 2.75) is 19.3 Å². The summed E-state index contributed by atoms with van der Waals surface area (Å²) in [5, 5.41) is 2.83. The summed E-state index contributed by atoms with van der Waals surface area (Å²) in [5.74, 6) is 0.140. The van der Waals surface area contributed by atoms with Crippen molar-refractivity contribution in [3.63, 3.8) is 0 Å². The minimum atomic E-state index is -0.260. The molecule has 1 fully saturated rings. The van der Waals surface area contributed by atoms with Crippen LogP contribution in [-0.4, -0.2) is 46.8 Å². The molecular formula is C17H20N4O3. The highest BCUT2D eigenvalue weighted by atomic mass is 16.2. The van der Waals surface area contributed by atoms with Gasteiger partial charge >= 0.3 is 0 Å². The van der Waals surface area contributed by atoms with Crippen LogP contribution in [0.15, 0.2) is 29.1 Å². The molecule has 1 aliphatic heterocycles. The number of amides is 2. The molecule has 0 aliphatic carbocycles. The highest BCUT2D eigenvalue weighted by Crippen LogP contribution is 2.14. The summed E-state index contributed by atoms with van der Waals surface area (Å²) in [6, 6.07) is 7.30. The number of para-hydroxylation sites is 2. The molecule has 126 valence electrons. The van der Waals surface area contributed by atoms with Gasteiger partial charge in [0, 0.05) is 45.3 Å². The van der Waals surface area contributed by atoms with E-state index < -0.39 is 0 Å². The molecule has 1 saturated heterocycles. The zero-order valence-electron chi connectivity index (χ0n) is 13.5. The molecule has 24 heavy (non-hydrogen) atoms. The van der Waals surface area contributed by atoms with Crippen molar-refractivity contribution in [3.05, 3.63) is 40.3 Å².